The van der Waals surface area contributed by atoms with Crippen molar-refractivity contribution in [2.45, 2.75) is 26.8 Å². The number of esters is 1. The van der Waals surface area contributed by atoms with Crippen molar-refractivity contribution < 1.29 is 14.3 Å². The number of Topliss-reactive ketones (excluding diaryl/α,β-unsaturated/α-hetero) is 1. The molecule has 0 spiro atoms. The highest BCUT2D eigenvalue weighted by atomic mass is 16.5. The Morgan fingerprint density at radius 2 is 1.78 bits per heavy atom. The van der Waals surface area contributed by atoms with Gasteiger partial charge in [-0.05, 0) is 32.4 Å². The summed E-state index contributed by atoms with van der Waals surface area (Å²) < 4.78 is 4.82. The van der Waals surface area contributed by atoms with E-state index in [0.717, 1.165) is 32.1 Å². The quantitative estimate of drug-likeness (QED) is 0.630. The van der Waals surface area contributed by atoms with E-state index in [1.807, 2.05) is 6.92 Å². The van der Waals surface area contributed by atoms with Crippen LogP contribution < -0.4 is 4.90 Å². The summed E-state index contributed by atoms with van der Waals surface area (Å²) in [5.41, 5.74) is 2.22. The molecule has 1 fully saturated rings. The molecule has 2 aromatic heterocycles. The lowest BCUT2D eigenvalue weighted by Gasteiger charge is -2.37. The molecule has 1 aliphatic heterocycles. The number of nitrogens with one attached hydrogen (secondary N) is 1. The minimum atomic E-state index is -0.426. The highest BCUT2D eigenvalue weighted by Gasteiger charge is 2.30. The van der Waals surface area contributed by atoms with E-state index >= 15 is 0 Å². The molecule has 0 bridgehead atoms. The van der Waals surface area contributed by atoms with Gasteiger partial charge in [-0.1, -0.05) is 0 Å². The number of hydrogen-bond donors (Lipinski definition) is 1. The number of ketones is 1. The predicted octanol–water partition coefficient (Wildman–Crippen LogP) is 1.60. The number of aromatic amines is 1. The number of carbonyl (C=O) groups is 2. The Bertz CT molecular complexity index is 825. The van der Waals surface area contributed by atoms with Crippen LogP contribution in [-0.4, -0.2) is 70.9 Å². The van der Waals surface area contributed by atoms with Crippen LogP contribution >= 0.6 is 0 Å². The average Bonchev–Trinajstić information content (AvgIpc) is 3.01. The van der Waals surface area contributed by atoms with Crippen LogP contribution in [0.1, 0.15) is 39.0 Å². The van der Waals surface area contributed by atoms with Crippen LogP contribution in [-0.2, 0) is 4.74 Å². The molecule has 1 saturated heterocycles. The maximum absolute atomic E-state index is 13.0. The van der Waals surface area contributed by atoms with Crippen LogP contribution in [0.15, 0.2) is 18.5 Å². The van der Waals surface area contributed by atoms with Gasteiger partial charge in [0.2, 0.25) is 5.95 Å². The molecule has 1 N–H and O–H groups in total. The lowest BCUT2D eigenvalue weighted by Crippen LogP contribution is -2.52. The van der Waals surface area contributed by atoms with Crippen LogP contribution in [0.3, 0.4) is 0 Å². The molecule has 3 rings (SSSR count). The Kier molecular flexibility index (Phi) is 5.55. The summed E-state index contributed by atoms with van der Waals surface area (Å²) in [6.45, 7) is 8.47. The van der Waals surface area contributed by atoms with Crippen molar-refractivity contribution in [3.63, 3.8) is 0 Å². The first-order valence-corrected chi connectivity index (χ1v) is 9.01. The molecule has 3 heterocycles. The van der Waals surface area contributed by atoms with Gasteiger partial charge in [0.05, 0.1) is 24.4 Å². The standard InChI is InChI=1S/C19H25N5O3/c1-12-15(18(26)27-4)13(2)22-16(12)17(25)14(3)23-8-10-24(11-9-23)19-20-6-5-7-21-19/h5-7,14,22H,8-11H2,1-4H3/t14-/m0/s1. The number of piperazine rings is 1. The number of carbonyl (C=O) groups excluding carboxylic acids is 2. The van der Waals surface area contributed by atoms with Gasteiger partial charge in [0, 0.05) is 44.3 Å². The molecule has 0 saturated carbocycles. The summed E-state index contributed by atoms with van der Waals surface area (Å²) in [6.07, 6.45) is 3.46. The molecule has 0 radical (unpaired) electrons. The third kappa shape index (κ3) is 3.71. The van der Waals surface area contributed by atoms with Gasteiger partial charge in [-0.15, -0.1) is 0 Å². The number of methoxy groups -OCH3 is 1. The Hall–Kier alpha value is -2.74. The van der Waals surface area contributed by atoms with E-state index < -0.39 is 5.97 Å². The van der Waals surface area contributed by atoms with E-state index in [1.54, 1.807) is 32.3 Å². The van der Waals surface area contributed by atoms with Crippen molar-refractivity contribution >= 4 is 17.7 Å². The molecular formula is C19H25N5O3. The zero-order chi connectivity index (χ0) is 19.6. The molecule has 27 heavy (non-hydrogen) atoms. The molecule has 0 aliphatic carbocycles. The maximum atomic E-state index is 13.0. The Balaban J connectivity index is 1.69. The van der Waals surface area contributed by atoms with Gasteiger partial charge in [0.15, 0.2) is 5.78 Å². The summed E-state index contributed by atoms with van der Waals surface area (Å²) >= 11 is 0. The van der Waals surface area contributed by atoms with E-state index in [9.17, 15) is 9.59 Å². The van der Waals surface area contributed by atoms with Crippen molar-refractivity contribution in [2.24, 2.45) is 0 Å². The van der Waals surface area contributed by atoms with Crippen molar-refractivity contribution in [3.05, 3.63) is 41.0 Å². The van der Waals surface area contributed by atoms with E-state index in [0.29, 0.717) is 22.5 Å². The summed E-state index contributed by atoms with van der Waals surface area (Å²) in [4.78, 5) is 40.9. The highest BCUT2D eigenvalue weighted by Crippen LogP contribution is 2.22. The summed E-state index contributed by atoms with van der Waals surface area (Å²) in [5, 5.41) is 0. The van der Waals surface area contributed by atoms with E-state index in [1.165, 1.54) is 7.11 Å². The van der Waals surface area contributed by atoms with Gasteiger partial charge < -0.3 is 14.6 Å². The second kappa shape index (κ2) is 7.87. The number of aromatic nitrogens is 3. The first-order valence-electron chi connectivity index (χ1n) is 9.01. The maximum Gasteiger partial charge on any atom is 0.339 e. The number of anilines is 1. The first kappa shape index (κ1) is 19.0. The second-order valence-corrected chi connectivity index (χ2v) is 6.73. The highest BCUT2D eigenvalue weighted by molar-refractivity contribution is 6.03. The molecule has 8 heteroatoms. The van der Waals surface area contributed by atoms with Gasteiger partial charge in [-0.25, -0.2) is 14.8 Å². The zero-order valence-electron chi connectivity index (χ0n) is 16.2. The monoisotopic (exact) mass is 371 g/mol. The second-order valence-electron chi connectivity index (χ2n) is 6.73. The number of hydrogen-bond acceptors (Lipinski definition) is 7. The fraction of sp³-hybridized carbons (Fsp3) is 0.474. The summed E-state index contributed by atoms with van der Waals surface area (Å²) in [6, 6.07) is 1.51. The van der Waals surface area contributed by atoms with Crippen LogP contribution in [0.25, 0.3) is 0 Å². The smallest absolute Gasteiger partial charge is 0.339 e. The molecule has 144 valence electrons. The van der Waals surface area contributed by atoms with Crippen LogP contribution in [0.2, 0.25) is 0 Å². The molecule has 0 unspecified atom stereocenters. The van der Waals surface area contributed by atoms with E-state index in [4.69, 9.17) is 4.74 Å². The van der Waals surface area contributed by atoms with Crippen molar-refractivity contribution in [1.82, 2.24) is 19.9 Å². The lowest BCUT2D eigenvalue weighted by molar-refractivity contribution is 0.0599. The SMILES string of the molecule is COC(=O)c1c(C)[nH]c(C(=O)[C@H](C)N2CCN(c3ncccn3)CC2)c1C. The van der Waals surface area contributed by atoms with Crippen LogP contribution in [0.5, 0.6) is 0 Å². The van der Waals surface area contributed by atoms with Gasteiger partial charge in [-0.2, -0.15) is 0 Å². The number of nitrogens with zero attached hydrogens (tertiary/aromatic N) is 4. The van der Waals surface area contributed by atoms with Crippen molar-refractivity contribution in [2.75, 3.05) is 38.2 Å². The average molecular weight is 371 g/mol. The predicted molar refractivity (Wildman–Crippen MR) is 101 cm³/mol. The molecule has 2 aromatic rings. The van der Waals surface area contributed by atoms with Gasteiger partial charge in [0.1, 0.15) is 0 Å². The Morgan fingerprint density at radius 3 is 2.37 bits per heavy atom. The molecule has 8 nitrogen and oxygen atoms in total. The zero-order valence-corrected chi connectivity index (χ0v) is 16.2. The number of H-pyrrole nitrogens is 1. The number of rotatable bonds is 5. The largest absolute Gasteiger partial charge is 0.465 e. The number of ether oxygens (including phenoxy) is 1. The van der Waals surface area contributed by atoms with E-state index in [2.05, 4.69) is 24.8 Å². The molecule has 1 atom stereocenters. The Labute approximate surface area is 158 Å². The minimum Gasteiger partial charge on any atom is -0.465 e. The molecule has 0 amide bonds. The molecule has 1 aliphatic rings. The van der Waals surface area contributed by atoms with Gasteiger partial charge in [0.25, 0.3) is 0 Å². The number of aryl methyl sites for hydroxylation is 1. The van der Waals surface area contributed by atoms with Gasteiger partial charge in [-0.3, -0.25) is 9.69 Å². The third-order valence-corrected chi connectivity index (χ3v) is 5.15. The minimum absolute atomic E-state index is 0.0184. The van der Waals surface area contributed by atoms with E-state index in [-0.39, 0.29) is 11.8 Å². The van der Waals surface area contributed by atoms with Crippen LogP contribution in [0, 0.1) is 13.8 Å². The fourth-order valence-electron chi connectivity index (χ4n) is 3.54. The third-order valence-electron chi connectivity index (χ3n) is 5.15. The molecule has 0 aromatic carbocycles. The molecular weight excluding hydrogens is 346 g/mol. The fourth-order valence-corrected chi connectivity index (χ4v) is 3.54. The first-order chi connectivity index (χ1) is 12.9. The van der Waals surface area contributed by atoms with Crippen molar-refractivity contribution in [1.29, 1.82) is 0 Å². The Morgan fingerprint density at radius 1 is 1.15 bits per heavy atom. The summed E-state index contributed by atoms with van der Waals surface area (Å²) in [7, 11) is 1.34. The van der Waals surface area contributed by atoms with Crippen LogP contribution in [0.4, 0.5) is 5.95 Å². The summed E-state index contributed by atoms with van der Waals surface area (Å²) in [5.74, 6) is 0.272. The van der Waals surface area contributed by atoms with Crippen molar-refractivity contribution in [3.8, 4) is 0 Å². The lowest BCUT2D eigenvalue weighted by atomic mass is 10.0. The topological polar surface area (TPSA) is 91.4 Å². The van der Waals surface area contributed by atoms with Gasteiger partial charge >= 0.3 is 5.97 Å². The normalized spacial score (nSPS) is 16.2.